The summed E-state index contributed by atoms with van der Waals surface area (Å²) < 4.78 is 67.8. The Balaban J connectivity index is 5.25. The van der Waals surface area contributed by atoms with Gasteiger partial charge >= 0.3 is 39.5 Å². The molecule has 83 heavy (non-hydrogen) atoms. The lowest BCUT2D eigenvalue weighted by atomic mass is 10.0. The molecule has 0 aliphatic rings. The van der Waals surface area contributed by atoms with Crippen LogP contribution >= 0.6 is 15.6 Å². The highest BCUT2D eigenvalue weighted by Gasteiger charge is 2.30. The lowest BCUT2D eigenvalue weighted by molar-refractivity contribution is -0.161. The van der Waals surface area contributed by atoms with E-state index in [9.17, 15) is 43.2 Å². The minimum absolute atomic E-state index is 0.0850. The normalized spacial score (nSPS) is 14.4. The van der Waals surface area contributed by atoms with Crippen LogP contribution < -0.4 is 0 Å². The van der Waals surface area contributed by atoms with Crippen LogP contribution in [-0.2, 0) is 65.4 Å². The standard InChI is InChI=1S/C64H120O17P2/c1-6-9-12-15-18-20-22-24-25-26-28-30-33-39-44-49-63(68)80-59(54-75-62(67)48-43-38-32-29-27-23-21-19-16-13-10-7-2)55-78-82(70,71)76-51-58(65)52-77-83(72,73)79-56-60(53-74-61(66)47-42-37-31-17-14-11-8-3)81-64(69)50-45-40-35-34-36-41-46-57(4)5/h20,22,24-25,57-60,65H,6-19,21,23,26-56H2,1-5H3,(H,70,71)(H,72,73)/b22-20-,25-24-/t58-,59-,60-/m1/s1. The Morgan fingerprint density at radius 1 is 0.373 bits per heavy atom. The third kappa shape index (κ3) is 58.3. The Bertz CT molecular complexity index is 1710. The quantitative estimate of drug-likeness (QED) is 0.0169. The van der Waals surface area contributed by atoms with Crippen LogP contribution in [-0.4, -0.2) is 96.7 Å². The highest BCUT2D eigenvalue weighted by molar-refractivity contribution is 7.47. The fraction of sp³-hybridized carbons (Fsp3) is 0.875. The summed E-state index contributed by atoms with van der Waals surface area (Å²) in [5, 5.41) is 10.5. The summed E-state index contributed by atoms with van der Waals surface area (Å²) in [4.78, 5) is 72.0. The number of ether oxygens (including phenoxy) is 4. The van der Waals surface area contributed by atoms with Gasteiger partial charge in [-0.3, -0.25) is 37.3 Å². The van der Waals surface area contributed by atoms with Crippen LogP contribution in [0.4, 0.5) is 0 Å². The van der Waals surface area contributed by atoms with Gasteiger partial charge in [0.1, 0.15) is 19.3 Å². The number of hydrogen-bond donors (Lipinski definition) is 3. The van der Waals surface area contributed by atoms with Gasteiger partial charge in [-0.05, 0) is 57.3 Å². The monoisotopic (exact) mass is 1220 g/mol. The molecular weight excluding hydrogens is 1100 g/mol. The van der Waals surface area contributed by atoms with Crippen molar-refractivity contribution in [3.8, 4) is 0 Å². The zero-order valence-electron chi connectivity index (χ0n) is 52.8. The number of aliphatic hydroxyl groups is 1. The zero-order valence-corrected chi connectivity index (χ0v) is 54.6. The topological polar surface area (TPSA) is 237 Å². The van der Waals surface area contributed by atoms with Crippen molar-refractivity contribution in [2.75, 3.05) is 39.6 Å². The van der Waals surface area contributed by atoms with Gasteiger partial charge in [0.05, 0.1) is 26.4 Å². The molecule has 0 saturated heterocycles. The second-order valence-corrected chi connectivity index (χ2v) is 25.8. The minimum Gasteiger partial charge on any atom is -0.462 e. The first-order valence-corrected chi connectivity index (χ1v) is 35.9. The molecule has 0 aliphatic carbocycles. The molecule has 3 N–H and O–H groups in total. The van der Waals surface area contributed by atoms with Crippen molar-refractivity contribution in [1.29, 1.82) is 0 Å². The van der Waals surface area contributed by atoms with Crippen molar-refractivity contribution < 1.29 is 80.2 Å². The van der Waals surface area contributed by atoms with E-state index in [-0.39, 0.29) is 25.7 Å². The van der Waals surface area contributed by atoms with Crippen LogP contribution in [0.5, 0.6) is 0 Å². The zero-order chi connectivity index (χ0) is 61.3. The Labute approximate surface area is 503 Å². The molecule has 0 aromatic rings. The third-order valence-electron chi connectivity index (χ3n) is 14.2. The molecule has 17 nitrogen and oxygen atoms in total. The van der Waals surface area contributed by atoms with E-state index >= 15 is 0 Å². The average Bonchev–Trinajstić information content (AvgIpc) is 3.46. The highest BCUT2D eigenvalue weighted by Crippen LogP contribution is 2.45. The summed E-state index contributed by atoms with van der Waals surface area (Å²) >= 11 is 0. The predicted molar refractivity (Wildman–Crippen MR) is 331 cm³/mol. The molecule has 0 saturated carbocycles. The van der Waals surface area contributed by atoms with Crippen molar-refractivity contribution in [3.05, 3.63) is 24.3 Å². The van der Waals surface area contributed by atoms with E-state index in [2.05, 4.69) is 58.9 Å². The molecule has 0 fully saturated rings. The first-order chi connectivity index (χ1) is 40.0. The van der Waals surface area contributed by atoms with Gasteiger partial charge in [-0.15, -0.1) is 0 Å². The van der Waals surface area contributed by atoms with E-state index in [1.165, 1.54) is 96.3 Å². The molecule has 2 unspecified atom stereocenters. The molecule has 488 valence electrons. The molecule has 0 radical (unpaired) electrons. The summed E-state index contributed by atoms with van der Waals surface area (Å²) in [7, 11) is -9.89. The minimum atomic E-state index is -4.95. The molecule has 0 aromatic carbocycles. The fourth-order valence-electron chi connectivity index (χ4n) is 9.04. The maximum Gasteiger partial charge on any atom is 0.472 e. The Kier molecular flexibility index (Phi) is 55.6. The molecular formula is C64H120O17P2. The first kappa shape index (κ1) is 80.5. The van der Waals surface area contributed by atoms with Crippen molar-refractivity contribution in [1.82, 2.24) is 0 Å². The number of carbonyl (C=O) groups is 4. The number of phosphoric ester groups is 2. The number of aliphatic hydroxyl groups excluding tert-OH is 1. The molecule has 0 aromatic heterocycles. The van der Waals surface area contributed by atoms with Gasteiger partial charge in [0, 0.05) is 25.7 Å². The first-order valence-electron chi connectivity index (χ1n) is 33.0. The smallest absolute Gasteiger partial charge is 0.462 e. The fourth-order valence-corrected chi connectivity index (χ4v) is 10.6. The molecule has 0 amide bonds. The summed E-state index contributed by atoms with van der Waals surface area (Å²) in [5.74, 6) is -1.50. The summed E-state index contributed by atoms with van der Waals surface area (Å²) in [6.45, 7) is 6.99. The summed E-state index contributed by atoms with van der Waals surface area (Å²) in [5.41, 5.74) is 0. The van der Waals surface area contributed by atoms with Gasteiger partial charge in [0.25, 0.3) is 0 Å². The maximum absolute atomic E-state index is 13.0. The van der Waals surface area contributed by atoms with Gasteiger partial charge < -0.3 is 33.8 Å². The van der Waals surface area contributed by atoms with Gasteiger partial charge in [-0.25, -0.2) is 9.13 Å². The molecule has 0 bridgehead atoms. The number of phosphoric acid groups is 2. The Morgan fingerprint density at radius 2 is 0.651 bits per heavy atom. The van der Waals surface area contributed by atoms with Gasteiger partial charge in [0.2, 0.25) is 0 Å². The van der Waals surface area contributed by atoms with E-state index in [4.69, 9.17) is 37.0 Å². The van der Waals surface area contributed by atoms with Crippen LogP contribution in [0.15, 0.2) is 24.3 Å². The van der Waals surface area contributed by atoms with Crippen molar-refractivity contribution in [2.24, 2.45) is 5.92 Å². The van der Waals surface area contributed by atoms with Crippen molar-refractivity contribution >= 4 is 39.5 Å². The van der Waals surface area contributed by atoms with Crippen LogP contribution in [0.2, 0.25) is 0 Å². The van der Waals surface area contributed by atoms with E-state index < -0.39 is 97.5 Å². The summed E-state index contributed by atoms with van der Waals surface area (Å²) in [6.07, 6.45) is 44.1. The van der Waals surface area contributed by atoms with Crippen molar-refractivity contribution in [2.45, 2.75) is 316 Å². The van der Waals surface area contributed by atoms with Crippen LogP contribution in [0.25, 0.3) is 0 Å². The van der Waals surface area contributed by atoms with Gasteiger partial charge in [-0.1, -0.05) is 245 Å². The molecule has 0 aliphatic heterocycles. The van der Waals surface area contributed by atoms with Crippen LogP contribution in [0.1, 0.15) is 298 Å². The molecule has 0 rings (SSSR count). The van der Waals surface area contributed by atoms with Gasteiger partial charge in [0.15, 0.2) is 12.2 Å². The maximum atomic E-state index is 13.0. The lowest BCUT2D eigenvalue weighted by Gasteiger charge is -2.21. The SMILES string of the molecule is CCCCCC/C=C\C=C/CCCCCCCC(=O)O[C@H](COC(=O)CCCCCCCCCCCCCC)COP(=O)(O)OC[C@@H](O)COP(=O)(O)OC[C@@H](COC(=O)CCCCCCCCC)OC(=O)CCCCCCCCC(C)C. The molecule has 0 heterocycles. The lowest BCUT2D eigenvalue weighted by Crippen LogP contribution is -2.30. The van der Waals surface area contributed by atoms with Crippen LogP contribution in [0.3, 0.4) is 0 Å². The number of hydrogen-bond acceptors (Lipinski definition) is 15. The molecule has 19 heteroatoms. The van der Waals surface area contributed by atoms with Crippen LogP contribution in [0, 0.1) is 5.92 Å². The molecule has 5 atom stereocenters. The Hall–Kier alpha value is -2.46. The van der Waals surface area contributed by atoms with E-state index in [0.717, 1.165) is 116 Å². The number of rotatable bonds is 62. The van der Waals surface area contributed by atoms with E-state index in [1.54, 1.807) is 0 Å². The predicted octanol–water partition coefficient (Wildman–Crippen LogP) is 17.3. The Morgan fingerprint density at radius 3 is 0.988 bits per heavy atom. The number of carbonyl (C=O) groups excluding carboxylic acids is 4. The largest absolute Gasteiger partial charge is 0.472 e. The summed E-state index contributed by atoms with van der Waals surface area (Å²) in [6, 6.07) is 0. The van der Waals surface area contributed by atoms with Gasteiger partial charge in [-0.2, -0.15) is 0 Å². The third-order valence-corrected chi connectivity index (χ3v) is 16.1. The second-order valence-electron chi connectivity index (χ2n) is 22.9. The second kappa shape index (κ2) is 57.3. The van der Waals surface area contributed by atoms with Crippen molar-refractivity contribution in [3.63, 3.8) is 0 Å². The number of allylic oxidation sites excluding steroid dienone is 4. The van der Waals surface area contributed by atoms with E-state index in [0.29, 0.717) is 31.6 Å². The number of esters is 4. The number of unbranched alkanes of at least 4 members (excludes halogenated alkanes) is 31. The molecule has 0 spiro atoms. The highest BCUT2D eigenvalue weighted by atomic mass is 31.2. The average molecular weight is 1220 g/mol. The van der Waals surface area contributed by atoms with E-state index in [1.807, 2.05) is 0 Å².